The summed E-state index contributed by atoms with van der Waals surface area (Å²) < 4.78 is 5.19. The van der Waals surface area contributed by atoms with E-state index in [4.69, 9.17) is 4.74 Å². The molecule has 1 aliphatic heterocycles. The van der Waals surface area contributed by atoms with Crippen LogP contribution >= 0.6 is 11.3 Å². The lowest BCUT2D eigenvalue weighted by atomic mass is 10.1. The van der Waals surface area contributed by atoms with E-state index in [1.54, 1.807) is 58.2 Å². The molecule has 1 N–H and O–H groups in total. The van der Waals surface area contributed by atoms with Crippen LogP contribution in [0.4, 0.5) is 9.93 Å². The molecular weight excluding hydrogens is 354 g/mol. The first-order valence-corrected chi connectivity index (χ1v) is 8.91. The molecule has 8 heteroatoms. The van der Waals surface area contributed by atoms with Crippen LogP contribution in [0, 0.1) is 0 Å². The SMILES string of the molecule is CC(c1cnc(NC(=O)OC(C)(C)C)s1)N1C(=O)c2ccccc2C1=O. The Bertz CT molecular complexity index is 850. The zero-order chi connectivity index (χ0) is 19.1. The van der Waals surface area contributed by atoms with Crippen LogP contribution in [0.5, 0.6) is 0 Å². The molecule has 2 aromatic rings. The number of ether oxygens (including phenoxy) is 1. The van der Waals surface area contributed by atoms with E-state index in [1.165, 1.54) is 16.2 Å². The summed E-state index contributed by atoms with van der Waals surface area (Å²) in [6, 6.07) is 6.25. The molecule has 0 saturated carbocycles. The molecular formula is C18H19N3O4S. The number of thiazole rings is 1. The van der Waals surface area contributed by atoms with Crippen LogP contribution in [0.2, 0.25) is 0 Å². The number of amides is 3. The first kappa shape index (κ1) is 18.1. The van der Waals surface area contributed by atoms with Gasteiger partial charge in [-0.1, -0.05) is 23.5 Å². The molecule has 0 radical (unpaired) electrons. The Kier molecular flexibility index (Phi) is 4.53. The van der Waals surface area contributed by atoms with Crippen LogP contribution in [0.25, 0.3) is 0 Å². The maximum atomic E-state index is 12.6. The normalized spacial score (nSPS) is 15.0. The minimum atomic E-state index is -0.613. The van der Waals surface area contributed by atoms with Crippen molar-refractivity contribution in [1.29, 1.82) is 0 Å². The predicted octanol–water partition coefficient (Wildman–Crippen LogP) is 3.85. The highest BCUT2D eigenvalue weighted by atomic mass is 32.1. The largest absolute Gasteiger partial charge is 0.444 e. The summed E-state index contributed by atoms with van der Waals surface area (Å²) in [6.45, 7) is 7.06. The fourth-order valence-electron chi connectivity index (χ4n) is 2.62. The first-order valence-electron chi connectivity index (χ1n) is 8.10. The second kappa shape index (κ2) is 6.53. The minimum Gasteiger partial charge on any atom is -0.444 e. The van der Waals surface area contributed by atoms with Gasteiger partial charge < -0.3 is 4.74 Å². The van der Waals surface area contributed by atoms with Crippen molar-refractivity contribution in [2.24, 2.45) is 0 Å². The van der Waals surface area contributed by atoms with E-state index < -0.39 is 17.7 Å². The van der Waals surface area contributed by atoms with E-state index in [2.05, 4.69) is 10.3 Å². The van der Waals surface area contributed by atoms with Gasteiger partial charge in [0.2, 0.25) is 0 Å². The molecule has 0 saturated heterocycles. The fraction of sp³-hybridized carbons (Fsp3) is 0.333. The third-order valence-electron chi connectivity index (χ3n) is 3.76. The van der Waals surface area contributed by atoms with E-state index in [0.29, 0.717) is 21.1 Å². The summed E-state index contributed by atoms with van der Waals surface area (Å²) in [5, 5.41) is 2.91. The maximum Gasteiger partial charge on any atom is 0.413 e. The summed E-state index contributed by atoms with van der Waals surface area (Å²) in [7, 11) is 0. The number of nitrogens with zero attached hydrogens (tertiary/aromatic N) is 2. The van der Waals surface area contributed by atoms with Crippen LogP contribution in [0.3, 0.4) is 0 Å². The van der Waals surface area contributed by atoms with Crippen molar-refractivity contribution in [1.82, 2.24) is 9.88 Å². The highest BCUT2D eigenvalue weighted by Gasteiger charge is 2.39. The van der Waals surface area contributed by atoms with Gasteiger partial charge >= 0.3 is 6.09 Å². The average molecular weight is 373 g/mol. The van der Waals surface area contributed by atoms with E-state index in [-0.39, 0.29) is 11.8 Å². The van der Waals surface area contributed by atoms with Crippen molar-refractivity contribution in [3.63, 3.8) is 0 Å². The third kappa shape index (κ3) is 3.45. The maximum absolute atomic E-state index is 12.6. The number of benzene rings is 1. The summed E-state index contributed by atoms with van der Waals surface area (Å²) in [5.41, 5.74) is 0.194. The molecule has 136 valence electrons. The standard InChI is InChI=1S/C18H19N3O4S/c1-10(21-14(22)11-7-5-6-8-12(11)15(21)23)13-9-19-16(26-13)20-17(24)25-18(2,3)4/h5-10H,1-4H3,(H,19,20,24). The topological polar surface area (TPSA) is 88.6 Å². The molecule has 0 bridgehead atoms. The molecule has 0 spiro atoms. The third-order valence-corrected chi connectivity index (χ3v) is 4.84. The first-order chi connectivity index (χ1) is 12.2. The molecule has 7 nitrogen and oxygen atoms in total. The minimum absolute atomic E-state index is 0.326. The number of rotatable bonds is 3. The Morgan fingerprint density at radius 3 is 2.31 bits per heavy atom. The predicted molar refractivity (Wildman–Crippen MR) is 97.3 cm³/mol. The molecule has 2 heterocycles. The number of nitrogens with one attached hydrogen (secondary N) is 1. The summed E-state index contributed by atoms with van der Waals surface area (Å²) in [6.07, 6.45) is 0.942. The van der Waals surface area contributed by atoms with Gasteiger partial charge in [0.05, 0.1) is 17.2 Å². The van der Waals surface area contributed by atoms with Crippen LogP contribution in [-0.2, 0) is 4.74 Å². The number of aromatic nitrogens is 1. The Balaban J connectivity index is 1.75. The molecule has 3 amide bonds. The second-order valence-electron chi connectivity index (χ2n) is 6.90. The number of anilines is 1. The molecule has 0 fully saturated rings. The Hall–Kier alpha value is -2.74. The molecule has 1 aromatic heterocycles. The monoisotopic (exact) mass is 373 g/mol. The smallest absolute Gasteiger partial charge is 0.413 e. The van der Waals surface area contributed by atoms with Gasteiger partial charge in [0, 0.05) is 11.1 Å². The average Bonchev–Trinajstić information content (AvgIpc) is 3.10. The fourth-order valence-corrected chi connectivity index (χ4v) is 3.46. The van der Waals surface area contributed by atoms with Gasteiger partial charge in [0.1, 0.15) is 5.60 Å². The number of hydrogen-bond donors (Lipinski definition) is 1. The number of imide groups is 1. The van der Waals surface area contributed by atoms with E-state index in [1.807, 2.05) is 0 Å². The van der Waals surface area contributed by atoms with Crippen molar-refractivity contribution < 1.29 is 19.1 Å². The zero-order valence-electron chi connectivity index (χ0n) is 14.9. The van der Waals surface area contributed by atoms with Crippen LogP contribution in [0.1, 0.15) is 59.3 Å². The molecule has 3 rings (SSSR count). The van der Waals surface area contributed by atoms with Gasteiger partial charge in [0.15, 0.2) is 5.13 Å². The van der Waals surface area contributed by atoms with Crippen LogP contribution in [-0.4, -0.2) is 33.4 Å². The van der Waals surface area contributed by atoms with Gasteiger partial charge in [-0.05, 0) is 39.8 Å². The van der Waals surface area contributed by atoms with Gasteiger partial charge in [-0.2, -0.15) is 0 Å². The van der Waals surface area contributed by atoms with Crippen molar-refractivity contribution in [2.45, 2.75) is 39.3 Å². The van der Waals surface area contributed by atoms with Crippen molar-refractivity contribution >= 4 is 34.4 Å². The highest BCUT2D eigenvalue weighted by Crippen LogP contribution is 2.34. The lowest BCUT2D eigenvalue weighted by Gasteiger charge is -2.21. The summed E-state index contributed by atoms with van der Waals surface area (Å²) in [4.78, 5) is 43.0. The number of fused-ring (bicyclic) bond motifs is 1. The van der Waals surface area contributed by atoms with E-state index in [0.717, 1.165) is 0 Å². The Morgan fingerprint density at radius 1 is 1.19 bits per heavy atom. The zero-order valence-corrected chi connectivity index (χ0v) is 15.7. The molecule has 0 aliphatic carbocycles. The van der Waals surface area contributed by atoms with Crippen LogP contribution in [0.15, 0.2) is 30.5 Å². The molecule has 1 unspecified atom stereocenters. The van der Waals surface area contributed by atoms with Gasteiger partial charge in [-0.15, -0.1) is 0 Å². The number of carbonyl (C=O) groups is 3. The summed E-state index contributed by atoms with van der Waals surface area (Å²) in [5.74, 6) is -0.652. The van der Waals surface area contributed by atoms with Crippen molar-refractivity contribution in [3.05, 3.63) is 46.5 Å². The number of hydrogen-bond acceptors (Lipinski definition) is 6. The van der Waals surface area contributed by atoms with Crippen LogP contribution < -0.4 is 5.32 Å². The van der Waals surface area contributed by atoms with Gasteiger partial charge in [0.25, 0.3) is 11.8 Å². The molecule has 1 aliphatic rings. The summed E-state index contributed by atoms with van der Waals surface area (Å²) >= 11 is 1.20. The molecule has 1 atom stereocenters. The van der Waals surface area contributed by atoms with Crippen molar-refractivity contribution in [3.8, 4) is 0 Å². The quantitative estimate of drug-likeness (QED) is 0.826. The van der Waals surface area contributed by atoms with E-state index in [9.17, 15) is 14.4 Å². The highest BCUT2D eigenvalue weighted by molar-refractivity contribution is 7.15. The second-order valence-corrected chi connectivity index (χ2v) is 7.96. The lowest BCUT2D eigenvalue weighted by molar-refractivity contribution is 0.0593. The van der Waals surface area contributed by atoms with E-state index >= 15 is 0 Å². The Morgan fingerprint density at radius 2 is 1.77 bits per heavy atom. The Labute approximate surface area is 155 Å². The van der Waals surface area contributed by atoms with Gasteiger partial charge in [-0.3, -0.25) is 19.8 Å². The lowest BCUT2D eigenvalue weighted by Crippen LogP contribution is -2.32. The van der Waals surface area contributed by atoms with Gasteiger partial charge in [-0.25, -0.2) is 9.78 Å². The number of carbonyl (C=O) groups excluding carboxylic acids is 3. The molecule has 1 aromatic carbocycles. The van der Waals surface area contributed by atoms with Crippen molar-refractivity contribution in [2.75, 3.05) is 5.32 Å². The molecule has 26 heavy (non-hydrogen) atoms.